The number of carboxylic acids is 1. The minimum atomic E-state index is -1.25. The van der Waals surface area contributed by atoms with Gasteiger partial charge in [-0.1, -0.05) is 0 Å². The first-order chi connectivity index (χ1) is 8.99. The lowest BCUT2D eigenvalue weighted by Gasteiger charge is -2.05. The lowest BCUT2D eigenvalue weighted by Crippen LogP contribution is -1.97. The first kappa shape index (κ1) is 12.6. The van der Waals surface area contributed by atoms with E-state index in [1.165, 1.54) is 24.3 Å². The maximum Gasteiger partial charge on any atom is 0.335 e. The first-order valence-corrected chi connectivity index (χ1v) is 5.28. The monoisotopic (exact) mass is 257 g/mol. The average Bonchev–Trinajstić information content (AvgIpc) is 2.37. The van der Waals surface area contributed by atoms with Gasteiger partial charge in [-0.3, -0.25) is 0 Å². The van der Waals surface area contributed by atoms with Crippen LogP contribution in [0.2, 0.25) is 0 Å². The molecule has 19 heavy (non-hydrogen) atoms. The summed E-state index contributed by atoms with van der Waals surface area (Å²) in [4.78, 5) is 10.9. The fourth-order valence-electron chi connectivity index (χ4n) is 1.72. The van der Waals surface area contributed by atoms with Crippen LogP contribution in [-0.4, -0.2) is 16.2 Å². The van der Waals surface area contributed by atoms with Crippen molar-refractivity contribution < 1.29 is 19.4 Å². The fourth-order valence-corrected chi connectivity index (χ4v) is 1.72. The molecule has 0 saturated heterocycles. The number of rotatable bonds is 2. The molecule has 2 aromatic rings. The van der Waals surface area contributed by atoms with Crippen LogP contribution in [0.1, 0.15) is 15.9 Å². The van der Waals surface area contributed by atoms with Crippen LogP contribution in [0.15, 0.2) is 36.4 Å². The van der Waals surface area contributed by atoms with Crippen molar-refractivity contribution in [3.63, 3.8) is 0 Å². The Labute approximate surface area is 108 Å². The van der Waals surface area contributed by atoms with Crippen molar-refractivity contribution in [3.05, 3.63) is 53.3 Å². The smallest absolute Gasteiger partial charge is 0.335 e. The maximum absolute atomic E-state index is 13.4. The molecule has 0 bridgehead atoms. The number of hydrogen-bond donors (Lipinski definition) is 2. The van der Waals surface area contributed by atoms with Gasteiger partial charge in [-0.05, 0) is 47.5 Å². The van der Waals surface area contributed by atoms with Crippen LogP contribution >= 0.6 is 0 Å². The first-order valence-electron chi connectivity index (χ1n) is 5.28. The minimum Gasteiger partial charge on any atom is -0.508 e. The Morgan fingerprint density at radius 1 is 1.11 bits per heavy atom. The highest BCUT2D eigenvalue weighted by Gasteiger charge is 2.10. The standard InChI is InChI=1S/C14H8FNO3/c15-12-4-10(3-11(5-12)14(18)19)9-1-8(7-16)2-13(17)6-9/h1-6,17H,(H,18,19). The number of nitriles is 1. The van der Waals surface area contributed by atoms with E-state index in [-0.39, 0.29) is 22.4 Å². The van der Waals surface area contributed by atoms with Crippen molar-refractivity contribution in [3.8, 4) is 22.9 Å². The van der Waals surface area contributed by atoms with Crippen molar-refractivity contribution in [2.45, 2.75) is 0 Å². The van der Waals surface area contributed by atoms with E-state index in [9.17, 15) is 14.3 Å². The summed E-state index contributed by atoms with van der Waals surface area (Å²) >= 11 is 0. The quantitative estimate of drug-likeness (QED) is 0.866. The molecule has 2 N–H and O–H groups in total. The Hall–Kier alpha value is -2.87. The van der Waals surface area contributed by atoms with Crippen molar-refractivity contribution in [2.75, 3.05) is 0 Å². The average molecular weight is 257 g/mol. The molecule has 0 atom stereocenters. The number of carbonyl (C=O) groups is 1. The number of carboxylic acid groups (broad SMARTS) is 1. The minimum absolute atomic E-state index is 0.143. The van der Waals surface area contributed by atoms with Gasteiger partial charge in [0.2, 0.25) is 0 Å². The Bertz CT molecular complexity index is 704. The second kappa shape index (κ2) is 4.78. The van der Waals surface area contributed by atoms with Gasteiger partial charge in [0, 0.05) is 0 Å². The number of nitrogens with zero attached hydrogens (tertiary/aromatic N) is 1. The molecule has 5 heteroatoms. The SMILES string of the molecule is N#Cc1cc(O)cc(-c2cc(F)cc(C(=O)O)c2)c1. The Kier molecular flexibility index (Phi) is 3.17. The number of phenolic OH excluding ortho intramolecular Hbond substituents is 1. The number of aromatic carboxylic acids is 1. The Balaban J connectivity index is 2.62. The number of benzene rings is 2. The van der Waals surface area contributed by atoms with Gasteiger partial charge in [0.15, 0.2) is 0 Å². The Morgan fingerprint density at radius 2 is 1.79 bits per heavy atom. The lowest BCUT2D eigenvalue weighted by molar-refractivity contribution is 0.0696. The van der Waals surface area contributed by atoms with Gasteiger partial charge in [0.25, 0.3) is 0 Å². The molecule has 0 radical (unpaired) electrons. The molecule has 0 fully saturated rings. The molecular weight excluding hydrogens is 249 g/mol. The molecule has 2 aromatic carbocycles. The normalized spacial score (nSPS) is 9.89. The number of halogens is 1. The van der Waals surface area contributed by atoms with Crippen LogP contribution in [0.4, 0.5) is 4.39 Å². The largest absolute Gasteiger partial charge is 0.508 e. The van der Waals surface area contributed by atoms with E-state index in [0.717, 1.165) is 12.1 Å². The van der Waals surface area contributed by atoms with E-state index in [4.69, 9.17) is 10.4 Å². The molecule has 0 aromatic heterocycles. The zero-order valence-electron chi connectivity index (χ0n) is 9.59. The second-order valence-corrected chi connectivity index (χ2v) is 3.91. The van der Waals surface area contributed by atoms with Gasteiger partial charge in [0.05, 0.1) is 17.2 Å². The number of aromatic hydroxyl groups is 1. The fraction of sp³-hybridized carbons (Fsp3) is 0. The van der Waals surface area contributed by atoms with Crippen molar-refractivity contribution >= 4 is 5.97 Å². The summed E-state index contributed by atoms with van der Waals surface area (Å²) in [6.07, 6.45) is 0. The summed E-state index contributed by atoms with van der Waals surface area (Å²) in [5.41, 5.74) is 0.663. The third-order valence-corrected chi connectivity index (χ3v) is 2.52. The summed E-state index contributed by atoms with van der Waals surface area (Å²) < 4.78 is 13.4. The van der Waals surface area contributed by atoms with Gasteiger partial charge in [0.1, 0.15) is 11.6 Å². The highest BCUT2D eigenvalue weighted by molar-refractivity contribution is 5.89. The Morgan fingerprint density at radius 3 is 2.42 bits per heavy atom. The molecule has 0 aliphatic carbocycles. The maximum atomic E-state index is 13.4. The van der Waals surface area contributed by atoms with E-state index >= 15 is 0 Å². The van der Waals surface area contributed by atoms with Crippen molar-refractivity contribution in [1.29, 1.82) is 5.26 Å². The third kappa shape index (κ3) is 2.69. The second-order valence-electron chi connectivity index (χ2n) is 3.91. The summed E-state index contributed by atoms with van der Waals surface area (Å²) in [5, 5.41) is 27.1. The van der Waals surface area contributed by atoms with E-state index < -0.39 is 11.8 Å². The van der Waals surface area contributed by atoms with Crippen molar-refractivity contribution in [1.82, 2.24) is 0 Å². The van der Waals surface area contributed by atoms with Crippen LogP contribution in [0.25, 0.3) is 11.1 Å². The zero-order chi connectivity index (χ0) is 14.0. The highest BCUT2D eigenvalue weighted by Crippen LogP contribution is 2.27. The number of hydrogen-bond acceptors (Lipinski definition) is 3. The molecule has 0 spiro atoms. The van der Waals surface area contributed by atoms with Crippen LogP contribution in [0.5, 0.6) is 5.75 Å². The van der Waals surface area contributed by atoms with E-state index in [0.29, 0.717) is 5.56 Å². The molecule has 0 amide bonds. The summed E-state index contributed by atoms with van der Waals surface area (Å²) in [6, 6.07) is 9.23. The van der Waals surface area contributed by atoms with E-state index in [1.54, 1.807) is 0 Å². The van der Waals surface area contributed by atoms with Crippen LogP contribution in [0.3, 0.4) is 0 Å². The summed E-state index contributed by atoms with van der Waals surface area (Å²) in [6.45, 7) is 0. The molecule has 2 rings (SSSR count). The van der Waals surface area contributed by atoms with Gasteiger partial charge < -0.3 is 10.2 Å². The van der Waals surface area contributed by atoms with Gasteiger partial charge >= 0.3 is 5.97 Å². The highest BCUT2D eigenvalue weighted by atomic mass is 19.1. The molecule has 0 unspecified atom stereocenters. The predicted molar refractivity (Wildman–Crippen MR) is 65.2 cm³/mol. The molecule has 0 heterocycles. The van der Waals surface area contributed by atoms with Crippen LogP contribution in [-0.2, 0) is 0 Å². The number of phenols is 1. The predicted octanol–water partition coefficient (Wildman–Crippen LogP) is 2.77. The van der Waals surface area contributed by atoms with Gasteiger partial charge in [-0.25, -0.2) is 9.18 Å². The summed E-state index contributed by atoms with van der Waals surface area (Å²) in [5.74, 6) is -2.09. The molecular formula is C14H8FNO3. The molecule has 0 aliphatic rings. The van der Waals surface area contributed by atoms with E-state index in [1.807, 2.05) is 6.07 Å². The van der Waals surface area contributed by atoms with Gasteiger partial charge in [-0.15, -0.1) is 0 Å². The molecule has 0 saturated carbocycles. The van der Waals surface area contributed by atoms with Crippen LogP contribution in [0, 0.1) is 17.1 Å². The summed E-state index contributed by atoms with van der Waals surface area (Å²) in [7, 11) is 0. The molecule has 4 nitrogen and oxygen atoms in total. The van der Waals surface area contributed by atoms with Gasteiger partial charge in [-0.2, -0.15) is 5.26 Å². The lowest BCUT2D eigenvalue weighted by atomic mass is 10.0. The topological polar surface area (TPSA) is 81.3 Å². The van der Waals surface area contributed by atoms with Crippen molar-refractivity contribution in [2.24, 2.45) is 0 Å². The van der Waals surface area contributed by atoms with Crippen LogP contribution < -0.4 is 0 Å². The zero-order valence-corrected chi connectivity index (χ0v) is 9.59. The third-order valence-electron chi connectivity index (χ3n) is 2.52. The molecule has 94 valence electrons. The van der Waals surface area contributed by atoms with E-state index in [2.05, 4.69) is 0 Å². The molecule has 0 aliphatic heterocycles.